The van der Waals surface area contributed by atoms with Crippen molar-refractivity contribution in [3.05, 3.63) is 30.0 Å². The number of Topliss-reactive ketones (excluding diaryl/α,β-unsaturated/α-hetero) is 1. The minimum atomic E-state index is -0.811. The van der Waals surface area contributed by atoms with Gasteiger partial charge in [0, 0.05) is 17.4 Å². The predicted octanol–water partition coefficient (Wildman–Crippen LogP) is 3.12. The number of ketones is 1. The topological polar surface area (TPSA) is 121 Å². The van der Waals surface area contributed by atoms with Gasteiger partial charge in [0.2, 0.25) is 11.8 Å². The summed E-state index contributed by atoms with van der Waals surface area (Å²) in [6.07, 6.45) is 0.416. The van der Waals surface area contributed by atoms with E-state index in [1.54, 1.807) is 25.0 Å². The number of piperidine rings is 1. The number of alkyl halides is 1. The molecule has 2 aliphatic rings. The number of nitrogens with one attached hydrogen (secondary N) is 3. The first-order chi connectivity index (χ1) is 17.9. The maximum atomic E-state index is 13.9. The Bertz CT molecular complexity index is 1260. The molecule has 0 spiro atoms. The van der Waals surface area contributed by atoms with Gasteiger partial charge in [-0.1, -0.05) is 33.8 Å². The smallest absolute Gasteiger partial charge is 0.268 e. The fraction of sp³-hybridized carbons (Fsp3) is 0.571. The van der Waals surface area contributed by atoms with E-state index in [1.165, 1.54) is 0 Å². The quantitative estimate of drug-likeness (QED) is 0.397. The summed E-state index contributed by atoms with van der Waals surface area (Å²) in [5.41, 5.74) is 0.984. The van der Waals surface area contributed by atoms with Crippen molar-refractivity contribution in [2.45, 2.75) is 59.2 Å². The molecule has 1 saturated heterocycles. The highest BCUT2D eigenvalue weighted by Crippen LogP contribution is 2.64. The van der Waals surface area contributed by atoms with E-state index in [4.69, 9.17) is 16.3 Å². The molecule has 2 heterocycles. The van der Waals surface area contributed by atoms with Gasteiger partial charge < -0.3 is 25.3 Å². The molecule has 5 atom stereocenters. The maximum Gasteiger partial charge on any atom is 0.268 e. The molecule has 10 heteroatoms. The van der Waals surface area contributed by atoms with Crippen LogP contribution < -0.4 is 15.4 Å². The van der Waals surface area contributed by atoms with Crippen molar-refractivity contribution in [2.24, 2.45) is 23.2 Å². The van der Waals surface area contributed by atoms with Crippen LogP contribution in [0.15, 0.2) is 24.3 Å². The Morgan fingerprint density at radius 2 is 1.89 bits per heavy atom. The summed E-state index contributed by atoms with van der Waals surface area (Å²) in [4.78, 5) is 57.2. The number of methoxy groups -OCH3 is 1. The molecule has 1 aliphatic carbocycles. The van der Waals surface area contributed by atoms with E-state index in [1.807, 2.05) is 32.0 Å². The van der Waals surface area contributed by atoms with E-state index in [0.29, 0.717) is 24.4 Å². The number of hydrogen-bond donors (Lipinski definition) is 3. The van der Waals surface area contributed by atoms with Crippen LogP contribution >= 0.6 is 11.6 Å². The van der Waals surface area contributed by atoms with Crippen molar-refractivity contribution in [3.8, 4) is 5.75 Å². The molecular weight excluding hydrogens is 508 g/mol. The molecule has 2 fully saturated rings. The van der Waals surface area contributed by atoms with Crippen LogP contribution in [0.4, 0.5) is 0 Å². The summed E-state index contributed by atoms with van der Waals surface area (Å²) in [6.45, 7) is 10.2. The Labute approximate surface area is 228 Å². The first-order valence-electron chi connectivity index (χ1n) is 13.1. The molecule has 3 amide bonds. The van der Waals surface area contributed by atoms with Gasteiger partial charge in [0.1, 0.15) is 23.5 Å². The van der Waals surface area contributed by atoms with Crippen LogP contribution in [0.1, 0.15) is 51.5 Å². The second kappa shape index (κ2) is 10.6. The Hall–Kier alpha value is -3.07. The van der Waals surface area contributed by atoms with Crippen molar-refractivity contribution < 1.29 is 23.9 Å². The van der Waals surface area contributed by atoms with Crippen LogP contribution in [0, 0.1) is 23.2 Å². The number of aromatic nitrogens is 1. The van der Waals surface area contributed by atoms with E-state index < -0.39 is 24.0 Å². The molecule has 206 valence electrons. The first-order valence-corrected chi connectivity index (χ1v) is 13.6. The molecular formula is C28H37ClN4O5. The van der Waals surface area contributed by atoms with E-state index in [-0.39, 0.29) is 46.6 Å². The number of carbonyl (C=O) groups is 4. The summed E-state index contributed by atoms with van der Waals surface area (Å²) in [5, 5.41) is 6.44. The predicted molar refractivity (Wildman–Crippen MR) is 145 cm³/mol. The molecule has 3 N–H and O–H groups in total. The Balaban J connectivity index is 1.56. The molecule has 0 unspecified atom stereocenters. The lowest BCUT2D eigenvalue weighted by molar-refractivity contribution is -0.142. The third-order valence-electron chi connectivity index (χ3n) is 8.13. The minimum Gasteiger partial charge on any atom is -0.496 e. The third-order valence-corrected chi connectivity index (χ3v) is 8.40. The van der Waals surface area contributed by atoms with Gasteiger partial charge in [-0.25, -0.2) is 0 Å². The summed E-state index contributed by atoms with van der Waals surface area (Å²) >= 11 is 5.67. The average molecular weight is 545 g/mol. The second-order valence-electron chi connectivity index (χ2n) is 11.5. The van der Waals surface area contributed by atoms with Gasteiger partial charge in [0.05, 0.1) is 19.0 Å². The van der Waals surface area contributed by atoms with E-state index >= 15 is 0 Å². The zero-order chi connectivity index (χ0) is 27.9. The minimum absolute atomic E-state index is 0.0127. The van der Waals surface area contributed by atoms with Crippen molar-refractivity contribution >= 4 is 46.0 Å². The molecule has 1 aliphatic heterocycles. The zero-order valence-corrected chi connectivity index (χ0v) is 23.5. The van der Waals surface area contributed by atoms with Crippen LogP contribution in [0.3, 0.4) is 0 Å². The summed E-state index contributed by atoms with van der Waals surface area (Å²) in [5.74, 6) is -0.624. The van der Waals surface area contributed by atoms with Gasteiger partial charge in [0.25, 0.3) is 5.91 Å². The van der Waals surface area contributed by atoms with Crippen LogP contribution in [0.25, 0.3) is 10.9 Å². The average Bonchev–Trinajstić information content (AvgIpc) is 3.26. The number of ether oxygens (including phenoxy) is 1. The van der Waals surface area contributed by atoms with Crippen LogP contribution in [-0.4, -0.2) is 71.0 Å². The second-order valence-corrected chi connectivity index (χ2v) is 11.7. The normalized spacial score (nSPS) is 23.1. The van der Waals surface area contributed by atoms with E-state index in [0.717, 1.165) is 10.9 Å². The standard InChI is InChI=1S/C28H37ClN4O5/c1-14(2)10-20(32-25(35)19-11-16-18(31-19)8-7-9-22(16)38-6)27(37)33-13-17-23(28(17,4)5)24(33)26(36)30-15(3)21(34)12-29/h7-9,11,14-15,17,20,23-24,31H,10,12-13H2,1-6H3,(H,30,36)(H,32,35)/t15-,17-,20-,23-,24-/m0/s1. The van der Waals surface area contributed by atoms with Crippen LogP contribution in [0.5, 0.6) is 5.75 Å². The number of halogens is 1. The van der Waals surface area contributed by atoms with E-state index in [2.05, 4.69) is 29.5 Å². The van der Waals surface area contributed by atoms with Crippen molar-refractivity contribution in [1.82, 2.24) is 20.5 Å². The number of hydrogen-bond acceptors (Lipinski definition) is 5. The Morgan fingerprint density at radius 1 is 1.18 bits per heavy atom. The SMILES string of the molecule is COc1cccc2[nH]c(C(=O)N[C@@H](CC(C)C)C(=O)N3C[C@H]4[C@@H]([C@H]3C(=O)N[C@@H](C)C(=O)CCl)C4(C)C)cc12. The number of fused-ring (bicyclic) bond motifs is 2. The molecule has 1 aromatic heterocycles. The lowest BCUT2D eigenvalue weighted by atomic mass is 9.97. The number of rotatable bonds is 10. The van der Waals surface area contributed by atoms with Gasteiger partial charge in [-0.2, -0.15) is 0 Å². The largest absolute Gasteiger partial charge is 0.496 e. The molecule has 1 saturated carbocycles. The van der Waals surface area contributed by atoms with Gasteiger partial charge >= 0.3 is 0 Å². The lowest BCUT2D eigenvalue weighted by Crippen LogP contribution is -2.57. The Morgan fingerprint density at radius 3 is 2.53 bits per heavy atom. The number of benzene rings is 1. The monoisotopic (exact) mass is 544 g/mol. The Kier molecular flexibility index (Phi) is 7.79. The maximum absolute atomic E-state index is 13.9. The number of aromatic amines is 1. The highest BCUT2D eigenvalue weighted by Gasteiger charge is 2.69. The van der Waals surface area contributed by atoms with Crippen molar-refractivity contribution in [3.63, 3.8) is 0 Å². The van der Waals surface area contributed by atoms with Gasteiger partial charge in [-0.05, 0) is 54.7 Å². The molecule has 1 aromatic carbocycles. The zero-order valence-electron chi connectivity index (χ0n) is 22.8. The van der Waals surface area contributed by atoms with E-state index in [9.17, 15) is 19.2 Å². The summed E-state index contributed by atoms with van der Waals surface area (Å²) < 4.78 is 5.40. The molecule has 9 nitrogen and oxygen atoms in total. The number of H-pyrrole nitrogens is 1. The highest BCUT2D eigenvalue weighted by atomic mass is 35.5. The first kappa shape index (κ1) is 28.0. The molecule has 2 aromatic rings. The highest BCUT2D eigenvalue weighted by molar-refractivity contribution is 6.28. The third kappa shape index (κ3) is 5.13. The number of carbonyl (C=O) groups excluding carboxylic acids is 4. The fourth-order valence-corrected chi connectivity index (χ4v) is 6.10. The number of nitrogens with zero attached hydrogens (tertiary/aromatic N) is 1. The summed E-state index contributed by atoms with van der Waals surface area (Å²) in [6, 6.07) is 4.93. The molecule has 0 bridgehead atoms. The van der Waals surface area contributed by atoms with Crippen molar-refractivity contribution in [2.75, 3.05) is 19.5 Å². The van der Waals surface area contributed by atoms with Gasteiger partial charge in [0.15, 0.2) is 5.78 Å². The van der Waals surface area contributed by atoms with Gasteiger partial charge in [-0.15, -0.1) is 11.6 Å². The molecule has 4 rings (SSSR count). The van der Waals surface area contributed by atoms with Gasteiger partial charge in [-0.3, -0.25) is 19.2 Å². The molecule has 0 radical (unpaired) electrons. The molecule has 38 heavy (non-hydrogen) atoms. The number of likely N-dealkylation sites (tertiary alicyclic amines) is 1. The summed E-state index contributed by atoms with van der Waals surface area (Å²) in [7, 11) is 1.57. The lowest BCUT2D eigenvalue weighted by Gasteiger charge is -2.34. The van der Waals surface area contributed by atoms with Crippen molar-refractivity contribution in [1.29, 1.82) is 0 Å². The van der Waals surface area contributed by atoms with Crippen LogP contribution in [-0.2, 0) is 14.4 Å². The van der Waals surface area contributed by atoms with Crippen LogP contribution in [0.2, 0.25) is 0 Å². The number of amides is 3. The fourth-order valence-electron chi connectivity index (χ4n) is 5.86.